The van der Waals surface area contributed by atoms with Gasteiger partial charge in [0, 0.05) is 11.8 Å². The molecule has 0 atom stereocenters. The third-order valence-corrected chi connectivity index (χ3v) is 4.55. The van der Waals surface area contributed by atoms with E-state index in [9.17, 15) is 0 Å². The minimum absolute atomic E-state index is 0.371. The smallest absolute Gasteiger partial charge is 0.193 e. The molecular formula is C21H27N3O2. The Morgan fingerprint density at radius 3 is 2.58 bits per heavy atom. The highest BCUT2D eigenvalue weighted by Crippen LogP contribution is 2.23. The average molecular weight is 353 g/mol. The Bertz CT molecular complexity index is 722. The van der Waals surface area contributed by atoms with Crippen LogP contribution in [-0.2, 0) is 6.54 Å². The normalized spacial score (nSPS) is 15.5. The zero-order valence-corrected chi connectivity index (χ0v) is 15.3. The number of hydrogen-bond acceptors (Lipinski definition) is 3. The van der Waals surface area contributed by atoms with Gasteiger partial charge >= 0.3 is 0 Å². The van der Waals surface area contributed by atoms with Crippen molar-refractivity contribution in [2.75, 3.05) is 12.4 Å². The minimum Gasteiger partial charge on any atom is -0.497 e. The van der Waals surface area contributed by atoms with Crippen LogP contribution in [-0.4, -0.2) is 19.2 Å². The van der Waals surface area contributed by atoms with Crippen LogP contribution in [0.25, 0.3) is 0 Å². The summed E-state index contributed by atoms with van der Waals surface area (Å²) >= 11 is 0. The number of nitrogens with two attached hydrogens (primary N) is 1. The van der Waals surface area contributed by atoms with E-state index in [1.807, 2.05) is 48.5 Å². The number of rotatable bonds is 6. The second-order valence-electron chi connectivity index (χ2n) is 6.58. The molecule has 0 saturated heterocycles. The zero-order valence-electron chi connectivity index (χ0n) is 15.3. The topological polar surface area (TPSA) is 68.9 Å². The lowest BCUT2D eigenvalue weighted by atomic mass is 9.98. The summed E-state index contributed by atoms with van der Waals surface area (Å²) in [7, 11) is 1.64. The molecule has 0 aliphatic heterocycles. The van der Waals surface area contributed by atoms with Crippen LogP contribution in [0.2, 0.25) is 0 Å². The fourth-order valence-electron chi connectivity index (χ4n) is 3.11. The number of nitrogens with zero attached hydrogens (tertiary/aromatic N) is 1. The molecule has 2 aromatic rings. The maximum Gasteiger partial charge on any atom is 0.193 e. The Labute approximate surface area is 155 Å². The lowest BCUT2D eigenvalue weighted by Crippen LogP contribution is -2.22. The van der Waals surface area contributed by atoms with E-state index in [0.717, 1.165) is 22.7 Å². The van der Waals surface area contributed by atoms with Crippen molar-refractivity contribution in [1.29, 1.82) is 0 Å². The molecule has 0 heterocycles. The first-order valence-electron chi connectivity index (χ1n) is 9.19. The molecule has 26 heavy (non-hydrogen) atoms. The fraction of sp³-hybridized carbons (Fsp3) is 0.381. The van der Waals surface area contributed by atoms with Crippen molar-refractivity contribution in [1.82, 2.24) is 0 Å². The van der Waals surface area contributed by atoms with Gasteiger partial charge in [0.25, 0.3) is 0 Å². The van der Waals surface area contributed by atoms with Crippen molar-refractivity contribution in [3.8, 4) is 11.5 Å². The SMILES string of the molecule is COc1cccc(NC(N)=NCc2ccc(OC3CCCCC3)cc2)c1. The standard InChI is InChI=1S/C21H27N3O2/c1-25-20-9-5-6-17(14-20)24-21(22)23-15-16-10-12-19(13-11-16)26-18-7-3-2-4-8-18/h5-6,9-14,18H,2-4,7-8,15H2,1H3,(H3,22,23,24). The molecule has 0 bridgehead atoms. The van der Waals surface area contributed by atoms with Gasteiger partial charge in [0.1, 0.15) is 11.5 Å². The second kappa shape index (κ2) is 9.13. The number of nitrogens with one attached hydrogen (secondary N) is 1. The largest absolute Gasteiger partial charge is 0.497 e. The van der Waals surface area contributed by atoms with Crippen LogP contribution in [0, 0.1) is 0 Å². The van der Waals surface area contributed by atoms with E-state index >= 15 is 0 Å². The highest BCUT2D eigenvalue weighted by atomic mass is 16.5. The van der Waals surface area contributed by atoms with Gasteiger partial charge in [-0.3, -0.25) is 0 Å². The third kappa shape index (κ3) is 5.41. The summed E-state index contributed by atoms with van der Waals surface area (Å²) in [5.74, 6) is 2.09. The average Bonchev–Trinajstić information content (AvgIpc) is 2.68. The molecule has 138 valence electrons. The van der Waals surface area contributed by atoms with Crippen LogP contribution in [0.15, 0.2) is 53.5 Å². The Morgan fingerprint density at radius 2 is 1.85 bits per heavy atom. The molecule has 0 unspecified atom stereocenters. The van der Waals surface area contributed by atoms with Crippen LogP contribution < -0.4 is 20.5 Å². The maximum absolute atomic E-state index is 6.05. The lowest BCUT2D eigenvalue weighted by Gasteiger charge is -2.23. The third-order valence-electron chi connectivity index (χ3n) is 4.55. The van der Waals surface area contributed by atoms with Gasteiger partial charge in [0.15, 0.2) is 5.96 Å². The fourth-order valence-corrected chi connectivity index (χ4v) is 3.11. The van der Waals surface area contributed by atoms with Crippen molar-refractivity contribution in [2.45, 2.75) is 44.8 Å². The van der Waals surface area contributed by atoms with E-state index in [4.69, 9.17) is 15.2 Å². The summed E-state index contributed by atoms with van der Waals surface area (Å²) in [4.78, 5) is 4.39. The first kappa shape index (κ1) is 18.1. The molecular weight excluding hydrogens is 326 g/mol. The van der Waals surface area contributed by atoms with E-state index < -0.39 is 0 Å². The molecule has 1 aliphatic carbocycles. The summed E-state index contributed by atoms with van der Waals surface area (Å²) in [6, 6.07) is 15.7. The van der Waals surface area contributed by atoms with Gasteiger partial charge in [-0.2, -0.15) is 0 Å². The van der Waals surface area contributed by atoms with Crippen molar-refractivity contribution < 1.29 is 9.47 Å². The van der Waals surface area contributed by atoms with E-state index in [1.54, 1.807) is 7.11 Å². The molecule has 0 radical (unpaired) electrons. The number of hydrogen-bond donors (Lipinski definition) is 2. The van der Waals surface area contributed by atoms with Crippen LogP contribution in [0.1, 0.15) is 37.7 Å². The van der Waals surface area contributed by atoms with Crippen molar-refractivity contribution in [3.05, 3.63) is 54.1 Å². The van der Waals surface area contributed by atoms with E-state index in [-0.39, 0.29) is 0 Å². The van der Waals surface area contributed by atoms with E-state index in [2.05, 4.69) is 10.3 Å². The van der Waals surface area contributed by atoms with Gasteiger partial charge in [0.05, 0.1) is 19.8 Å². The monoisotopic (exact) mass is 353 g/mol. The number of benzene rings is 2. The molecule has 0 spiro atoms. The van der Waals surface area contributed by atoms with Gasteiger partial charge in [-0.1, -0.05) is 24.6 Å². The van der Waals surface area contributed by atoms with Gasteiger partial charge in [-0.25, -0.2) is 4.99 Å². The Kier molecular flexibility index (Phi) is 6.36. The van der Waals surface area contributed by atoms with Crippen LogP contribution in [0.5, 0.6) is 11.5 Å². The predicted molar refractivity (Wildman–Crippen MR) is 106 cm³/mol. The van der Waals surface area contributed by atoms with Gasteiger partial charge in [-0.15, -0.1) is 0 Å². The van der Waals surface area contributed by atoms with Gasteiger partial charge in [0.2, 0.25) is 0 Å². The lowest BCUT2D eigenvalue weighted by molar-refractivity contribution is 0.155. The van der Waals surface area contributed by atoms with Gasteiger partial charge in [-0.05, 0) is 55.5 Å². The van der Waals surface area contributed by atoms with Crippen LogP contribution in [0.3, 0.4) is 0 Å². The van der Waals surface area contributed by atoms with Crippen LogP contribution in [0.4, 0.5) is 5.69 Å². The summed E-state index contributed by atoms with van der Waals surface area (Å²) in [6.45, 7) is 0.520. The highest BCUT2D eigenvalue weighted by molar-refractivity contribution is 5.92. The predicted octanol–water partition coefficient (Wildman–Crippen LogP) is 4.33. The maximum atomic E-state index is 6.05. The number of ether oxygens (including phenoxy) is 2. The summed E-state index contributed by atoms with van der Waals surface area (Å²) in [6.07, 6.45) is 6.59. The second-order valence-corrected chi connectivity index (χ2v) is 6.58. The molecule has 0 amide bonds. The van der Waals surface area contributed by atoms with Gasteiger partial charge < -0.3 is 20.5 Å². The Morgan fingerprint density at radius 1 is 1.08 bits per heavy atom. The molecule has 2 aromatic carbocycles. The molecule has 5 heteroatoms. The van der Waals surface area contributed by atoms with Crippen molar-refractivity contribution >= 4 is 11.6 Å². The Hall–Kier alpha value is -2.69. The quantitative estimate of drug-likeness (QED) is 0.599. The molecule has 5 nitrogen and oxygen atoms in total. The number of methoxy groups -OCH3 is 1. The molecule has 1 fully saturated rings. The molecule has 0 aromatic heterocycles. The van der Waals surface area contributed by atoms with E-state index in [1.165, 1.54) is 32.1 Å². The van der Waals surface area contributed by atoms with E-state index in [0.29, 0.717) is 18.6 Å². The van der Waals surface area contributed by atoms with Crippen molar-refractivity contribution in [3.63, 3.8) is 0 Å². The highest BCUT2D eigenvalue weighted by Gasteiger charge is 2.14. The first-order valence-corrected chi connectivity index (χ1v) is 9.19. The van der Waals surface area contributed by atoms with Crippen LogP contribution >= 0.6 is 0 Å². The minimum atomic E-state index is 0.371. The number of anilines is 1. The number of guanidine groups is 1. The molecule has 1 saturated carbocycles. The Balaban J connectivity index is 1.52. The zero-order chi connectivity index (χ0) is 18.2. The molecule has 1 aliphatic rings. The summed E-state index contributed by atoms with van der Waals surface area (Å²) < 4.78 is 11.3. The first-order chi connectivity index (χ1) is 12.7. The molecule has 3 N–H and O–H groups in total. The summed E-state index contributed by atoms with van der Waals surface area (Å²) in [5, 5.41) is 3.08. The van der Waals surface area contributed by atoms with Crippen molar-refractivity contribution in [2.24, 2.45) is 10.7 Å². The molecule has 3 rings (SSSR count). The summed E-state index contributed by atoms with van der Waals surface area (Å²) in [5.41, 5.74) is 7.91. The number of aliphatic imine (C=N–C) groups is 1.